The highest BCUT2D eigenvalue weighted by molar-refractivity contribution is 9.10. The number of hydrogen-bond acceptors (Lipinski definition) is 2. The highest BCUT2D eigenvalue weighted by Crippen LogP contribution is 2.11. The molecule has 0 aromatic carbocycles. The van der Waals surface area contributed by atoms with Crippen molar-refractivity contribution in [1.29, 1.82) is 0 Å². The van der Waals surface area contributed by atoms with Crippen LogP contribution in [0.3, 0.4) is 0 Å². The van der Waals surface area contributed by atoms with Crippen LogP contribution in [0.5, 0.6) is 0 Å². The van der Waals surface area contributed by atoms with E-state index in [-0.39, 0.29) is 21.6 Å². The second kappa shape index (κ2) is 2.62. The molecule has 0 N–H and O–H groups in total. The Morgan fingerprint density at radius 1 is 1.89 bits per heavy atom. The predicted octanol–water partition coefficient (Wildman–Crippen LogP) is 2.20. The minimum Gasteiger partial charge on any atom is -0.226 e. The van der Waals surface area contributed by atoms with E-state index in [1.165, 1.54) is 0 Å². The lowest BCUT2D eigenvalue weighted by Crippen LogP contribution is -1.86. The minimum atomic E-state index is -2.40. The fraction of sp³-hybridized carbons (Fsp3) is 0.200. The molecule has 0 atom stereocenters. The van der Waals surface area contributed by atoms with Gasteiger partial charge in [0.05, 0.1) is 1.37 Å². The van der Waals surface area contributed by atoms with Gasteiger partial charge in [-0.05, 0) is 22.8 Å². The Labute approximate surface area is 72.0 Å². The van der Waals surface area contributed by atoms with Gasteiger partial charge in [0, 0.05) is 10.2 Å². The molecule has 0 radical (unpaired) electrons. The summed E-state index contributed by atoms with van der Waals surface area (Å²) < 4.78 is 28.4. The van der Waals surface area contributed by atoms with Crippen molar-refractivity contribution in [2.75, 3.05) is 0 Å². The van der Waals surface area contributed by atoms with Gasteiger partial charge in [0.25, 0.3) is 0 Å². The molecule has 0 bridgehead atoms. The number of nitrogens with zero attached hydrogens (tertiary/aromatic N) is 2. The molecule has 0 saturated heterocycles. The molecule has 9 heavy (non-hydrogen) atoms. The van der Waals surface area contributed by atoms with Crippen LogP contribution >= 0.6 is 27.5 Å². The van der Waals surface area contributed by atoms with Crippen molar-refractivity contribution in [2.24, 2.45) is 0 Å². The van der Waals surface area contributed by atoms with E-state index in [9.17, 15) is 0 Å². The third kappa shape index (κ3) is 1.91. The van der Waals surface area contributed by atoms with Crippen LogP contribution in [-0.2, 0) is 0 Å². The Kier molecular flexibility index (Phi) is 0.963. The molecular formula is C5H4BrClN2. The number of hydrogen-bond donors (Lipinski definition) is 0. The molecule has 2 nitrogen and oxygen atoms in total. The average Bonchev–Trinajstić information content (AvgIpc) is 1.97. The molecule has 1 aromatic heterocycles. The first kappa shape index (κ1) is 3.30. The lowest BCUT2D eigenvalue weighted by atomic mass is 10.7. The maximum Gasteiger partial charge on any atom is 0.133 e. The maximum atomic E-state index is 7.26. The Hall–Kier alpha value is -0.150. The van der Waals surface area contributed by atoms with Gasteiger partial charge in [0.1, 0.15) is 15.6 Å². The Balaban J connectivity index is 3.29. The molecule has 0 amide bonds. The molecule has 0 aliphatic rings. The van der Waals surface area contributed by atoms with Crippen molar-refractivity contribution in [3.63, 3.8) is 0 Å². The molecule has 0 spiro atoms. The normalized spacial score (nSPS) is 17.6. The first-order valence-electron chi connectivity index (χ1n) is 4.02. The second-order valence-electron chi connectivity index (χ2n) is 1.25. The van der Waals surface area contributed by atoms with Crippen molar-refractivity contribution in [2.45, 2.75) is 6.85 Å². The summed E-state index contributed by atoms with van der Waals surface area (Å²) >= 11 is 8.42. The van der Waals surface area contributed by atoms with Crippen molar-refractivity contribution in [1.82, 2.24) is 9.97 Å². The topological polar surface area (TPSA) is 25.8 Å². The number of halogens is 2. The molecule has 1 aromatic rings. The first-order chi connectivity index (χ1) is 5.82. The standard InChI is InChI=1S/C5H4BrClN2/c1-3-8-4(6)2-5(7)9-3/h2H,1H3/i1+1D3,2D. The molecule has 48 valence electrons. The minimum absolute atomic E-state index is 0.0821. The van der Waals surface area contributed by atoms with Crippen molar-refractivity contribution in [3.05, 3.63) is 21.6 Å². The lowest BCUT2D eigenvalue weighted by Gasteiger charge is -1.92. The number of rotatable bonds is 0. The monoisotopic (exact) mass is 211 g/mol. The van der Waals surface area contributed by atoms with Crippen LogP contribution in [0.15, 0.2) is 10.6 Å². The van der Waals surface area contributed by atoms with Gasteiger partial charge in [0.15, 0.2) is 0 Å². The summed E-state index contributed by atoms with van der Waals surface area (Å²) in [5.74, 6) is -0.361. The van der Waals surface area contributed by atoms with Crippen LogP contribution in [0.2, 0.25) is 5.15 Å². The summed E-state index contributed by atoms with van der Waals surface area (Å²) in [7, 11) is 0. The van der Waals surface area contributed by atoms with Crippen molar-refractivity contribution < 1.29 is 5.48 Å². The largest absolute Gasteiger partial charge is 0.226 e. The highest BCUT2D eigenvalue weighted by atomic mass is 79.9. The van der Waals surface area contributed by atoms with Crippen LogP contribution in [0.4, 0.5) is 0 Å². The molecule has 0 aliphatic carbocycles. The molecule has 1 heterocycles. The molecule has 0 saturated carbocycles. The Morgan fingerprint density at radius 3 is 3.22 bits per heavy atom. The van der Waals surface area contributed by atoms with E-state index >= 15 is 0 Å². The summed E-state index contributed by atoms with van der Waals surface area (Å²) in [5.41, 5.74) is 0. The second-order valence-corrected chi connectivity index (χ2v) is 2.36. The van der Waals surface area contributed by atoms with E-state index in [0.717, 1.165) is 0 Å². The maximum absolute atomic E-state index is 7.26. The van der Waals surface area contributed by atoms with E-state index in [1.807, 2.05) is 0 Å². The lowest BCUT2D eigenvalue weighted by molar-refractivity contribution is 1.03. The fourth-order valence-corrected chi connectivity index (χ4v) is 0.991. The third-order valence-electron chi connectivity index (χ3n) is 0.614. The average molecular weight is 212 g/mol. The summed E-state index contributed by atoms with van der Waals surface area (Å²) in [4.78, 5) is 7.06. The van der Waals surface area contributed by atoms with Crippen molar-refractivity contribution in [3.8, 4) is 0 Å². The first-order valence-corrected chi connectivity index (χ1v) is 3.19. The molecular weight excluding hydrogens is 204 g/mol. The molecule has 4 heteroatoms. The zero-order valence-corrected chi connectivity index (χ0v) is 6.49. The van der Waals surface area contributed by atoms with Crippen LogP contribution in [-0.4, -0.2) is 9.97 Å². The zero-order valence-electron chi connectivity index (χ0n) is 8.15. The van der Waals surface area contributed by atoms with Gasteiger partial charge in [-0.1, -0.05) is 11.6 Å². The van der Waals surface area contributed by atoms with Gasteiger partial charge in [-0.25, -0.2) is 9.97 Å². The number of aromatic nitrogens is 2. The van der Waals surface area contributed by atoms with Crippen molar-refractivity contribution >= 4 is 27.5 Å². The van der Waals surface area contributed by atoms with E-state index < -0.39 is 6.85 Å². The molecule has 0 aliphatic heterocycles. The molecule has 1 rings (SSSR count). The van der Waals surface area contributed by atoms with E-state index in [2.05, 4.69) is 25.9 Å². The molecule has 0 fully saturated rings. The van der Waals surface area contributed by atoms with E-state index in [1.54, 1.807) is 0 Å². The molecule has 0 unspecified atom stereocenters. The highest BCUT2D eigenvalue weighted by Gasteiger charge is 1.93. The number of aryl methyl sites for hydroxylation is 1. The Bertz CT molecular complexity index is 317. The van der Waals surface area contributed by atoms with Gasteiger partial charge < -0.3 is 0 Å². The van der Waals surface area contributed by atoms with Gasteiger partial charge in [0.2, 0.25) is 0 Å². The smallest absolute Gasteiger partial charge is 0.133 e. The van der Waals surface area contributed by atoms with Crippen LogP contribution in [0.1, 0.15) is 11.3 Å². The quantitative estimate of drug-likeness (QED) is 0.487. The van der Waals surface area contributed by atoms with Crippen LogP contribution < -0.4 is 0 Å². The predicted molar refractivity (Wildman–Crippen MR) is 39.5 cm³/mol. The SMILES string of the molecule is [2H]c1c(Cl)nc([13C]([2H])([2H])[2H])nc1Br. The van der Waals surface area contributed by atoms with Gasteiger partial charge in [-0.3, -0.25) is 0 Å². The van der Waals surface area contributed by atoms with Gasteiger partial charge >= 0.3 is 0 Å². The summed E-state index contributed by atoms with van der Waals surface area (Å²) in [6, 6.07) is -0.116. The van der Waals surface area contributed by atoms with Gasteiger partial charge in [-0.15, -0.1) is 0 Å². The van der Waals surface area contributed by atoms with E-state index in [0.29, 0.717) is 0 Å². The van der Waals surface area contributed by atoms with Crippen LogP contribution in [0.25, 0.3) is 0 Å². The third-order valence-corrected chi connectivity index (χ3v) is 1.17. The van der Waals surface area contributed by atoms with Crippen LogP contribution in [0, 0.1) is 6.85 Å². The summed E-state index contributed by atoms with van der Waals surface area (Å²) in [6.45, 7) is -2.40. The van der Waals surface area contributed by atoms with Gasteiger partial charge in [-0.2, -0.15) is 0 Å². The fourth-order valence-electron chi connectivity index (χ4n) is 0.352. The van der Waals surface area contributed by atoms with E-state index in [4.69, 9.17) is 17.1 Å². The summed E-state index contributed by atoms with van der Waals surface area (Å²) in [6.07, 6.45) is 0. The zero-order chi connectivity index (χ0) is 10.2. The summed E-state index contributed by atoms with van der Waals surface area (Å²) in [5, 5.41) is -0.173. The Morgan fingerprint density at radius 2 is 2.67 bits per heavy atom.